The van der Waals surface area contributed by atoms with Gasteiger partial charge in [0.1, 0.15) is 5.52 Å². The lowest BCUT2D eigenvalue weighted by Gasteiger charge is -2.17. The normalized spacial score (nSPS) is 12.7. The second-order valence-corrected chi connectivity index (χ2v) is 4.77. The van der Waals surface area contributed by atoms with E-state index in [2.05, 4.69) is 10.3 Å². The molecule has 1 aromatic heterocycles. The predicted molar refractivity (Wildman–Crippen MR) is 78.2 cm³/mol. The minimum atomic E-state index is -0.285. The fourth-order valence-electron chi connectivity index (χ4n) is 2.34. The molecule has 108 valence electrons. The molecule has 2 rings (SSSR count). The summed E-state index contributed by atoms with van der Waals surface area (Å²) < 4.78 is 5.82. The topological polar surface area (TPSA) is 81.1 Å². The zero-order valence-corrected chi connectivity index (χ0v) is 12.0. The van der Waals surface area contributed by atoms with E-state index in [-0.39, 0.29) is 11.9 Å². The van der Waals surface area contributed by atoms with Crippen molar-refractivity contribution in [3.63, 3.8) is 0 Å². The lowest BCUT2D eigenvalue weighted by atomic mass is 10.0. The minimum absolute atomic E-state index is 0.0499. The van der Waals surface area contributed by atoms with Gasteiger partial charge in [0.2, 0.25) is 5.91 Å². The third-order valence-electron chi connectivity index (χ3n) is 3.30. The van der Waals surface area contributed by atoms with E-state index in [4.69, 9.17) is 10.2 Å². The first-order valence-electron chi connectivity index (χ1n) is 7.05. The average molecular weight is 275 g/mol. The van der Waals surface area contributed by atoms with Gasteiger partial charge in [0, 0.05) is 24.4 Å². The Morgan fingerprint density at radius 1 is 1.45 bits per heavy atom. The van der Waals surface area contributed by atoms with Crippen LogP contribution < -0.4 is 11.1 Å². The summed E-state index contributed by atoms with van der Waals surface area (Å²) in [5, 5.41) is 3.38. The number of benzene rings is 1. The highest BCUT2D eigenvalue weighted by atomic mass is 16.3. The van der Waals surface area contributed by atoms with Crippen molar-refractivity contribution in [2.45, 2.75) is 39.2 Å². The molecular formula is C15H21N3O2. The monoisotopic (exact) mass is 275 g/mol. The number of hydrogen-bond donors (Lipinski definition) is 2. The van der Waals surface area contributed by atoms with Gasteiger partial charge in [-0.1, -0.05) is 26.0 Å². The summed E-state index contributed by atoms with van der Waals surface area (Å²) in [6.07, 6.45) is 1.77. The molecule has 1 unspecified atom stereocenters. The molecule has 0 radical (unpaired) electrons. The summed E-state index contributed by atoms with van der Waals surface area (Å²) in [7, 11) is 0. The molecule has 5 heteroatoms. The van der Waals surface area contributed by atoms with Crippen LogP contribution >= 0.6 is 0 Å². The highest BCUT2D eigenvalue weighted by Gasteiger charge is 2.17. The Balaban J connectivity index is 2.35. The van der Waals surface area contributed by atoms with Crippen LogP contribution in [0.3, 0.4) is 0 Å². The Morgan fingerprint density at radius 2 is 2.25 bits per heavy atom. The van der Waals surface area contributed by atoms with E-state index in [1.54, 1.807) is 0 Å². The number of aryl methyl sites for hydroxylation is 1. The van der Waals surface area contributed by atoms with Crippen molar-refractivity contribution in [3.05, 3.63) is 29.7 Å². The molecule has 0 aliphatic rings. The molecule has 0 spiro atoms. The molecule has 0 aliphatic heterocycles. The quantitative estimate of drug-likeness (QED) is 0.812. The van der Waals surface area contributed by atoms with Gasteiger partial charge in [-0.2, -0.15) is 0 Å². The first kappa shape index (κ1) is 14.5. The number of carbonyl (C=O) groups excluding carboxylic acids is 1. The largest absolute Gasteiger partial charge is 0.440 e. The Bertz CT molecular complexity index is 592. The zero-order chi connectivity index (χ0) is 14.5. The molecule has 0 saturated heterocycles. The molecule has 2 aromatic rings. The molecule has 3 N–H and O–H groups in total. The van der Waals surface area contributed by atoms with Crippen LogP contribution in [0.4, 0.5) is 0 Å². The van der Waals surface area contributed by atoms with Crippen molar-refractivity contribution in [1.29, 1.82) is 0 Å². The van der Waals surface area contributed by atoms with Gasteiger partial charge in [0.05, 0.1) is 0 Å². The van der Waals surface area contributed by atoms with Crippen molar-refractivity contribution in [2.75, 3.05) is 6.54 Å². The molecule has 0 aliphatic carbocycles. The second-order valence-electron chi connectivity index (χ2n) is 4.77. The molecule has 1 atom stereocenters. The van der Waals surface area contributed by atoms with Crippen molar-refractivity contribution >= 4 is 17.0 Å². The average Bonchev–Trinajstić information content (AvgIpc) is 2.86. The molecule has 5 nitrogen and oxygen atoms in total. The van der Waals surface area contributed by atoms with Crippen LogP contribution in [0.25, 0.3) is 11.1 Å². The van der Waals surface area contributed by atoms with Crippen LogP contribution in [-0.4, -0.2) is 17.4 Å². The van der Waals surface area contributed by atoms with E-state index in [9.17, 15) is 4.79 Å². The Morgan fingerprint density at radius 3 is 2.90 bits per heavy atom. The van der Waals surface area contributed by atoms with Crippen molar-refractivity contribution < 1.29 is 9.21 Å². The number of amides is 1. The fraction of sp³-hybridized carbons (Fsp3) is 0.467. The van der Waals surface area contributed by atoms with Crippen molar-refractivity contribution in [3.8, 4) is 0 Å². The fourth-order valence-corrected chi connectivity index (χ4v) is 2.34. The van der Waals surface area contributed by atoms with E-state index in [0.717, 1.165) is 35.5 Å². The first-order chi connectivity index (χ1) is 9.65. The Hall–Kier alpha value is -1.88. The molecular weight excluding hydrogens is 254 g/mol. The molecule has 0 fully saturated rings. The number of oxazole rings is 1. The molecule has 1 aromatic carbocycles. The first-order valence-corrected chi connectivity index (χ1v) is 7.05. The maximum Gasteiger partial charge on any atom is 0.217 e. The van der Waals surface area contributed by atoms with Crippen LogP contribution in [0.2, 0.25) is 0 Å². The number of aromatic nitrogens is 1. The number of primary amides is 1. The number of rotatable bonds is 7. The van der Waals surface area contributed by atoms with Crippen molar-refractivity contribution in [1.82, 2.24) is 10.3 Å². The Labute approximate surface area is 118 Å². The van der Waals surface area contributed by atoms with Crippen LogP contribution in [-0.2, 0) is 11.2 Å². The van der Waals surface area contributed by atoms with Gasteiger partial charge in [0.15, 0.2) is 11.5 Å². The maximum absolute atomic E-state index is 11.0. The standard InChI is InChI=1S/C15H21N3O2/c1-3-14-18-12-7-5-6-10(15(12)20-14)11(17-4-2)8-9-13(16)19/h5-7,11,17H,3-4,8-9H2,1-2H3,(H2,16,19). The van der Waals surface area contributed by atoms with Crippen LogP contribution in [0.1, 0.15) is 44.2 Å². The van der Waals surface area contributed by atoms with Gasteiger partial charge >= 0.3 is 0 Å². The number of fused-ring (bicyclic) bond motifs is 1. The highest BCUT2D eigenvalue weighted by Crippen LogP contribution is 2.28. The lowest BCUT2D eigenvalue weighted by Crippen LogP contribution is -2.23. The van der Waals surface area contributed by atoms with Gasteiger partial charge < -0.3 is 15.5 Å². The number of para-hydroxylation sites is 1. The summed E-state index contributed by atoms with van der Waals surface area (Å²) in [4.78, 5) is 15.5. The van der Waals surface area contributed by atoms with Crippen LogP contribution in [0, 0.1) is 0 Å². The van der Waals surface area contributed by atoms with E-state index in [0.29, 0.717) is 12.8 Å². The summed E-state index contributed by atoms with van der Waals surface area (Å²) in [6, 6.07) is 5.97. The molecule has 0 bridgehead atoms. The minimum Gasteiger partial charge on any atom is -0.440 e. The van der Waals surface area contributed by atoms with Gasteiger partial charge in [-0.3, -0.25) is 4.79 Å². The molecule has 1 heterocycles. The zero-order valence-electron chi connectivity index (χ0n) is 12.0. The van der Waals surface area contributed by atoms with Gasteiger partial charge in [-0.25, -0.2) is 4.98 Å². The lowest BCUT2D eigenvalue weighted by molar-refractivity contribution is -0.118. The van der Waals surface area contributed by atoms with Gasteiger partial charge in [-0.05, 0) is 19.0 Å². The highest BCUT2D eigenvalue weighted by molar-refractivity contribution is 5.77. The van der Waals surface area contributed by atoms with E-state index in [1.807, 2.05) is 32.0 Å². The van der Waals surface area contributed by atoms with Gasteiger partial charge in [0.25, 0.3) is 0 Å². The van der Waals surface area contributed by atoms with E-state index < -0.39 is 0 Å². The molecule has 20 heavy (non-hydrogen) atoms. The number of carbonyl (C=O) groups is 1. The number of nitrogens with one attached hydrogen (secondary N) is 1. The molecule has 1 amide bonds. The summed E-state index contributed by atoms with van der Waals surface area (Å²) >= 11 is 0. The number of hydrogen-bond acceptors (Lipinski definition) is 4. The maximum atomic E-state index is 11.0. The number of nitrogens with zero attached hydrogens (tertiary/aromatic N) is 1. The summed E-state index contributed by atoms with van der Waals surface area (Å²) in [5.41, 5.74) is 7.96. The molecule has 0 saturated carbocycles. The third kappa shape index (κ3) is 3.17. The van der Waals surface area contributed by atoms with Crippen LogP contribution in [0.5, 0.6) is 0 Å². The SMILES string of the molecule is CCNC(CCC(N)=O)c1cccc2nc(CC)oc12. The predicted octanol–water partition coefficient (Wildman–Crippen LogP) is 2.31. The Kier molecular flexibility index (Phi) is 4.74. The van der Waals surface area contributed by atoms with Crippen LogP contribution in [0.15, 0.2) is 22.6 Å². The number of nitrogens with two attached hydrogens (primary N) is 1. The summed E-state index contributed by atoms with van der Waals surface area (Å²) in [5.74, 6) is 0.449. The smallest absolute Gasteiger partial charge is 0.217 e. The van der Waals surface area contributed by atoms with E-state index >= 15 is 0 Å². The second kappa shape index (κ2) is 6.52. The van der Waals surface area contributed by atoms with E-state index in [1.165, 1.54) is 0 Å². The summed E-state index contributed by atoms with van der Waals surface area (Å²) in [6.45, 7) is 4.86. The van der Waals surface area contributed by atoms with Crippen molar-refractivity contribution in [2.24, 2.45) is 5.73 Å². The van der Waals surface area contributed by atoms with Gasteiger partial charge in [-0.15, -0.1) is 0 Å². The third-order valence-corrected chi connectivity index (χ3v) is 3.30.